The number of piperidine rings is 1. The van der Waals surface area contributed by atoms with Gasteiger partial charge in [-0.25, -0.2) is 0 Å². The molecule has 0 aromatic heterocycles. The van der Waals surface area contributed by atoms with Crippen LogP contribution in [0.5, 0.6) is 11.5 Å². The molecular weight excluding hydrogens is 356 g/mol. The van der Waals surface area contributed by atoms with Gasteiger partial charge in [0.25, 0.3) is 0 Å². The lowest BCUT2D eigenvalue weighted by Crippen LogP contribution is -2.50. The van der Waals surface area contributed by atoms with E-state index in [1.165, 1.54) is 12.0 Å². The number of hydrogen-bond acceptors (Lipinski definition) is 4. The zero-order valence-electron chi connectivity index (χ0n) is 17.1. The molecule has 6 heteroatoms. The van der Waals surface area contributed by atoms with Crippen LogP contribution in [0.25, 0.3) is 0 Å². The van der Waals surface area contributed by atoms with Crippen LogP contribution >= 0.6 is 0 Å². The summed E-state index contributed by atoms with van der Waals surface area (Å²) in [5.74, 6) is 1.98. The molecule has 2 amide bonds. The lowest BCUT2D eigenvalue weighted by atomic mass is 9.94. The molecule has 0 bridgehead atoms. The van der Waals surface area contributed by atoms with Crippen molar-refractivity contribution in [1.29, 1.82) is 0 Å². The number of carbonyl (C=O) groups excluding carboxylic acids is 2. The van der Waals surface area contributed by atoms with E-state index in [2.05, 4.69) is 6.92 Å². The Morgan fingerprint density at radius 2 is 1.64 bits per heavy atom. The molecule has 3 aliphatic rings. The van der Waals surface area contributed by atoms with Crippen molar-refractivity contribution in [2.45, 2.75) is 45.6 Å². The number of benzene rings is 1. The van der Waals surface area contributed by atoms with Crippen LogP contribution in [0.2, 0.25) is 0 Å². The highest BCUT2D eigenvalue weighted by atomic mass is 16.5. The molecule has 0 radical (unpaired) electrons. The molecule has 2 aliphatic heterocycles. The van der Waals surface area contributed by atoms with E-state index in [1.54, 1.807) is 14.2 Å². The summed E-state index contributed by atoms with van der Waals surface area (Å²) in [6.45, 7) is 4.93. The van der Waals surface area contributed by atoms with Gasteiger partial charge in [-0.05, 0) is 61.3 Å². The minimum atomic E-state index is -0.800. The van der Waals surface area contributed by atoms with E-state index >= 15 is 0 Å². The van der Waals surface area contributed by atoms with E-state index < -0.39 is 5.41 Å². The summed E-state index contributed by atoms with van der Waals surface area (Å²) in [5.41, 5.74) is 1.46. The third-order valence-electron chi connectivity index (χ3n) is 6.52. The van der Waals surface area contributed by atoms with Gasteiger partial charge in [-0.15, -0.1) is 0 Å². The smallest absolute Gasteiger partial charge is 0.238 e. The number of ether oxygens (including phenoxy) is 2. The van der Waals surface area contributed by atoms with Crippen LogP contribution in [0.15, 0.2) is 12.1 Å². The zero-order chi connectivity index (χ0) is 19.9. The number of nitrogens with zero attached hydrogens (tertiary/aromatic N) is 2. The van der Waals surface area contributed by atoms with E-state index in [1.807, 2.05) is 21.9 Å². The molecule has 1 saturated carbocycles. The standard InChI is InChI=1S/C22H30N2O4/c1-15-5-4-9-23(13-15)20(25)22(7-8-22)21(26)24-10-6-16-11-18(27-2)19(28-3)12-17(16)14-24/h11-12,15H,4-10,13-14H2,1-3H3. The van der Waals surface area contributed by atoms with Crippen molar-refractivity contribution in [3.8, 4) is 11.5 Å². The van der Waals surface area contributed by atoms with Crippen LogP contribution in [0.1, 0.15) is 43.7 Å². The average Bonchev–Trinajstić information content (AvgIpc) is 3.53. The molecule has 1 aromatic rings. The molecule has 1 unspecified atom stereocenters. The fourth-order valence-electron chi connectivity index (χ4n) is 4.68. The Balaban J connectivity index is 1.51. The molecular formula is C22H30N2O4. The number of carbonyl (C=O) groups is 2. The third-order valence-corrected chi connectivity index (χ3v) is 6.52. The van der Waals surface area contributed by atoms with Crippen LogP contribution in [0.4, 0.5) is 0 Å². The molecule has 4 rings (SSSR count). The first kappa shape index (κ1) is 19.1. The number of methoxy groups -OCH3 is 2. The number of likely N-dealkylation sites (tertiary alicyclic amines) is 1. The second-order valence-corrected chi connectivity index (χ2v) is 8.53. The van der Waals surface area contributed by atoms with E-state index in [-0.39, 0.29) is 11.8 Å². The van der Waals surface area contributed by atoms with Gasteiger partial charge in [0.15, 0.2) is 11.5 Å². The molecule has 0 spiro atoms. The van der Waals surface area contributed by atoms with Gasteiger partial charge in [0.1, 0.15) is 5.41 Å². The maximum Gasteiger partial charge on any atom is 0.238 e. The zero-order valence-corrected chi connectivity index (χ0v) is 17.1. The highest BCUT2D eigenvalue weighted by Crippen LogP contribution is 2.50. The van der Waals surface area contributed by atoms with Crippen molar-refractivity contribution in [2.75, 3.05) is 33.9 Å². The summed E-state index contributed by atoms with van der Waals surface area (Å²) < 4.78 is 10.8. The molecule has 2 heterocycles. The van der Waals surface area contributed by atoms with Crippen LogP contribution in [0, 0.1) is 11.3 Å². The lowest BCUT2D eigenvalue weighted by molar-refractivity contribution is -0.151. The Bertz CT molecular complexity index is 787. The topological polar surface area (TPSA) is 59.1 Å². The highest BCUT2D eigenvalue weighted by Gasteiger charge is 2.59. The first-order chi connectivity index (χ1) is 13.5. The maximum absolute atomic E-state index is 13.4. The molecule has 0 N–H and O–H groups in total. The van der Waals surface area contributed by atoms with Crippen molar-refractivity contribution in [3.63, 3.8) is 0 Å². The molecule has 1 aromatic carbocycles. The van der Waals surface area contributed by atoms with E-state index in [0.29, 0.717) is 43.3 Å². The second-order valence-electron chi connectivity index (χ2n) is 8.53. The van der Waals surface area contributed by atoms with Gasteiger partial charge in [-0.1, -0.05) is 6.92 Å². The van der Waals surface area contributed by atoms with E-state index in [9.17, 15) is 9.59 Å². The largest absolute Gasteiger partial charge is 0.493 e. The second kappa shape index (κ2) is 7.30. The molecule has 2 fully saturated rings. The Hall–Kier alpha value is -2.24. The molecule has 6 nitrogen and oxygen atoms in total. The van der Waals surface area contributed by atoms with Crippen LogP contribution in [-0.2, 0) is 22.6 Å². The minimum Gasteiger partial charge on any atom is -0.493 e. The summed E-state index contributed by atoms with van der Waals surface area (Å²) >= 11 is 0. The van der Waals surface area contributed by atoms with Gasteiger partial charge in [-0.3, -0.25) is 9.59 Å². The van der Waals surface area contributed by atoms with Crippen LogP contribution < -0.4 is 9.47 Å². The molecule has 152 valence electrons. The van der Waals surface area contributed by atoms with E-state index in [4.69, 9.17) is 9.47 Å². The van der Waals surface area contributed by atoms with Crippen molar-refractivity contribution in [1.82, 2.24) is 9.80 Å². The summed E-state index contributed by atoms with van der Waals surface area (Å²) in [6.07, 6.45) is 4.34. The van der Waals surface area contributed by atoms with Gasteiger partial charge in [0, 0.05) is 26.2 Å². The van der Waals surface area contributed by atoms with E-state index in [0.717, 1.165) is 31.5 Å². The Kier molecular flexibility index (Phi) is 4.98. The Morgan fingerprint density at radius 1 is 1.00 bits per heavy atom. The number of hydrogen-bond donors (Lipinski definition) is 0. The molecule has 1 atom stereocenters. The van der Waals surface area contributed by atoms with Crippen molar-refractivity contribution in [2.24, 2.45) is 11.3 Å². The maximum atomic E-state index is 13.4. The average molecular weight is 386 g/mol. The molecule has 1 aliphatic carbocycles. The van der Waals surface area contributed by atoms with Crippen molar-refractivity contribution < 1.29 is 19.1 Å². The predicted octanol–water partition coefficient (Wildman–Crippen LogP) is 2.63. The fourth-order valence-corrected chi connectivity index (χ4v) is 4.68. The third kappa shape index (κ3) is 3.23. The first-order valence-corrected chi connectivity index (χ1v) is 10.3. The first-order valence-electron chi connectivity index (χ1n) is 10.3. The number of amides is 2. The Morgan fingerprint density at radius 3 is 2.25 bits per heavy atom. The van der Waals surface area contributed by atoms with Gasteiger partial charge in [-0.2, -0.15) is 0 Å². The van der Waals surface area contributed by atoms with Crippen LogP contribution in [0.3, 0.4) is 0 Å². The highest BCUT2D eigenvalue weighted by molar-refractivity contribution is 6.08. The van der Waals surface area contributed by atoms with Crippen molar-refractivity contribution >= 4 is 11.8 Å². The Labute approximate surface area is 166 Å². The van der Waals surface area contributed by atoms with Gasteiger partial charge >= 0.3 is 0 Å². The quantitative estimate of drug-likeness (QED) is 0.747. The molecule has 28 heavy (non-hydrogen) atoms. The SMILES string of the molecule is COc1cc2c(cc1OC)CN(C(=O)C1(C(=O)N3CCCC(C)C3)CC1)CC2. The number of rotatable bonds is 4. The fraction of sp³-hybridized carbons (Fsp3) is 0.636. The van der Waals surface area contributed by atoms with Gasteiger partial charge in [0.2, 0.25) is 11.8 Å². The normalized spacial score (nSPS) is 23.0. The summed E-state index contributed by atoms with van der Waals surface area (Å²) in [4.78, 5) is 30.3. The van der Waals surface area contributed by atoms with Gasteiger partial charge in [0.05, 0.1) is 14.2 Å². The minimum absolute atomic E-state index is 0.0103. The van der Waals surface area contributed by atoms with Crippen molar-refractivity contribution in [3.05, 3.63) is 23.3 Å². The number of fused-ring (bicyclic) bond motifs is 1. The summed E-state index contributed by atoms with van der Waals surface area (Å²) in [5, 5.41) is 0. The monoisotopic (exact) mass is 386 g/mol. The summed E-state index contributed by atoms with van der Waals surface area (Å²) in [7, 11) is 3.25. The van der Waals surface area contributed by atoms with Gasteiger partial charge < -0.3 is 19.3 Å². The van der Waals surface area contributed by atoms with Crippen LogP contribution in [-0.4, -0.2) is 55.5 Å². The molecule has 1 saturated heterocycles. The summed E-state index contributed by atoms with van der Waals surface area (Å²) in [6, 6.07) is 3.96. The predicted molar refractivity (Wildman–Crippen MR) is 105 cm³/mol. The lowest BCUT2D eigenvalue weighted by Gasteiger charge is -2.36.